The lowest BCUT2D eigenvalue weighted by Crippen LogP contribution is -2.29. The van der Waals surface area contributed by atoms with E-state index in [4.69, 9.17) is 10.4 Å². The van der Waals surface area contributed by atoms with Crippen LogP contribution in [0.25, 0.3) is 0 Å². The molecule has 0 heterocycles. The normalized spacial score (nSPS) is 14.0. The molecule has 1 aromatic carbocycles. The minimum Gasteiger partial charge on any atom is -0.395 e. The van der Waals surface area contributed by atoms with Gasteiger partial charge in [-0.3, -0.25) is 10.1 Å². The van der Waals surface area contributed by atoms with Gasteiger partial charge in [-0.05, 0) is 18.9 Å². The first-order valence-electron chi connectivity index (χ1n) is 5.73. The van der Waals surface area contributed by atoms with E-state index in [2.05, 4.69) is 0 Å². The lowest BCUT2D eigenvalue weighted by molar-refractivity contribution is -0.384. The van der Waals surface area contributed by atoms with E-state index in [1.807, 2.05) is 11.0 Å². The third kappa shape index (κ3) is 2.41. The van der Waals surface area contributed by atoms with Gasteiger partial charge in [-0.2, -0.15) is 5.26 Å². The zero-order valence-electron chi connectivity index (χ0n) is 9.74. The first-order valence-corrected chi connectivity index (χ1v) is 5.73. The molecule has 0 bridgehead atoms. The Hall–Kier alpha value is -2.13. The molecule has 0 amide bonds. The van der Waals surface area contributed by atoms with Crippen molar-refractivity contribution in [2.45, 2.75) is 18.9 Å². The van der Waals surface area contributed by atoms with Crippen LogP contribution < -0.4 is 4.90 Å². The molecule has 0 aromatic heterocycles. The predicted molar refractivity (Wildman–Crippen MR) is 65.3 cm³/mol. The zero-order valence-corrected chi connectivity index (χ0v) is 9.74. The molecule has 2 rings (SSSR count). The van der Waals surface area contributed by atoms with Crippen molar-refractivity contribution in [2.24, 2.45) is 0 Å². The van der Waals surface area contributed by atoms with Crippen molar-refractivity contribution in [1.29, 1.82) is 5.26 Å². The number of hydrogen-bond acceptors (Lipinski definition) is 5. The monoisotopic (exact) mass is 247 g/mol. The summed E-state index contributed by atoms with van der Waals surface area (Å²) in [5.41, 5.74) is 0.860. The molecule has 6 nitrogen and oxygen atoms in total. The summed E-state index contributed by atoms with van der Waals surface area (Å²) >= 11 is 0. The zero-order chi connectivity index (χ0) is 13.1. The second-order valence-electron chi connectivity index (χ2n) is 4.22. The molecule has 0 spiro atoms. The molecule has 1 fully saturated rings. The highest BCUT2D eigenvalue weighted by molar-refractivity contribution is 5.64. The molecule has 0 atom stereocenters. The molecule has 1 aromatic rings. The molecule has 1 N–H and O–H groups in total. The number of non-ortho nitro benzene ring substituents is 1. The van der Waals surface area contributed by atoms with Crippen LogP contribution in [0, 0.1) is 21.4 Å². The summed E-state index contributed by atoms with van der Waals surface area (Å²) < 4.78 is 0. The molecule has 18 heavy (non-hydrogen) atoms. The Labute approximate surface area is 104 Å². The number of nitro groups is 1. The first-order chi connectivity index (χ1) is 8.67. The van der Waals surface area contributed by atoms with E-state index < -0.39 is 4.92 Å². The second-order valence-corrected chi connectivity index (χ2v) is 4.22. The van der Waals surface area contributed by atoms with E-state index in [1.54, 1.807) is 6.07 Å². The molecular formula is C12H13N3O3. The van der Waals surface area contributed by atoms with Gasteiger partial charge in [0.15, 0.2) is 0 Å². The lowest BCUT2D eigenvalue weighted by Gasteiger charge is -2.24. The maximum absolute atomic E-state index is 10.7. The van der Waals surface area contributed by atoms with Crippen molar-refractivity contribution >= 4 is 11.4 Å². The van der Waals surface area contributed by atoms with Crippen LogP contribution in [0.1, 0.15) is 18.4 Å². The lowest BCUT2D eigenvalue weighted by atomic mass is 10.1. The Morgan fingerprint density at radius 2 is 2.28 bits per heavy atom. The molecule has 1 aliphatic rings. The van der Waals surface area contributed by atoms with Crippen molar-refractivity contribution in [1.82, 2.24) is 0 Å². The minimum absolute atomic E-state index is 0.00163. The Kier molecular flexibility index (Phi) is 3.44. The topological polar surface area (TPSA) is 90.4 Å². The average Bonchev–Trinajstić information content (AvgIpc) is 3.19. The van der Waals surface area contributed by atoms with Crippen LogP contribution in [0.4, 0.5) is 11.4 Å². The van der Waals surface area contributed by atoms with Gasteiger partial charge >= 0.3 is 0 Å². The number of nitrogens with zero attached hydrogens (tertiary/aromatic N) is 3. The third-order valence-corrected chi connectivity index (χ3v) is 2.95. The van der Waals surface area contributed by atoms with Gasteiger partial charge in [-0.1, -0.05) is 0 Å². The molecule has 0 aliphatic heterocycles. The molecule has 6 heteroatoms. The standard InChI is InChI=1S/C12H13N3O3/c13-8-9-7-11(15(17)18)3-4-12(9)14(5-6-16)10-1-2-10/h3-4,7,10,16H,1-2,5-6H2. The summed E-state index contributed by atoms with van der Waals surface area (Å²) in [5, 5.41) is 28.8. The van der Waals surface area contributed by atoms with Crippen LogP contribution in [-0.2, 0) is 0 Å². The fourth-order valence-electron chi connectivity index (χ4n) is 1.97. The van der Waals surface area contributed by atoms with Gasteiger partial charge in [-0.25, -0.2) is 0 Å². The van der Waals surface area contributed by atoms with Gasteiger partial charge in [0.05, 0.1) is 22.8 Å². The second kappa shape index (κ2) is 5.02. The Morgan fingerprint density at radius 1 is 1.56 bits per heavy atom. The van der Waals surface area contributed by atoms with Gasteiger partial charge in [0.2, 0.25) is 0 Å². The van der Waals surface area contributed by atoms with Crippen molar-refractivity contribution in [3.8, 4) is 6.07 Å². The fraction of sp³-hybridized carbons (Fsp3) is 0.417. The number of anilines is 1. The van der Waals surface area contributed by atoms with Gasteiger partial charge < -0.3 is 10.0 Å². The predicted octanol–water partition coefficient (Wildman–Crippen LogP) is 1.43. The summed E-state index contributed by atoms with van der Waals surface area (Å²) in [4.78, 5) is 12.1. The van der Waals surface area contributed by atoms with Crippen LogP contribution in [0.3, 0.4) is 0 Å². The van der Waals surface area contributed by atoms with Crippen LogP contribution >= 0.6 is 0 Å². The first kappa shape index (κ1) is 12.3. The van der Waals surface area contributed by atoms with E-state index in [1.165, 1.54) is 12.1 Å². The molecule has 0 saturated heterocycles. The summed E-state index contributed by atoms with van der Waals surface area (Å²) in [5.74, 6) is 0. The number of nitriles is 1. The van der Waals surface area contributed by atoms with E-state index in [9.17, 15) is 10.1 Å². The van der Waals surface area contributed by atoms with Crippen molar-refractivity contribution in [3.05, 3.63) is 33.9 Å². The molecule has 0 unspecified atom stereocenters. The number of hydrogen-bond donors (Lipinski definition) is 1. The largest absolute Gasteiger partial charge is 0.395 e. The van der Waals surface area contributed by atoms with Crippen LogP contribution in [-0.4, -0.2) is 29.2 Å². The number of aliphatic hydroxyl groups excluding tert-OH is 1. The SMILES string of the molecule is N#Cc1cc([N+](=O)[O-])ccc1N(CCO)C1CC1. The molecule has 1 aliphatic carbocycles. The number of nitro benzene ring substituents is 1. The van der Waals surface area contributed by atoms with Gasteiger partial charge in [0.1, 0.15) is 6.07 Å². The average molecular weight is 247 g/mol. The Bertz CT molecular complexity index is 506. The third-order valence-electron chi connectivity index (χ3n) is 2.95. The number of aliphatic hydroxyl groups is 1. The maximum Gasteiger partial charge on any atom is 0.270 e. The minimum atomic E-state index is -0.516. The summed E-state index contributed by atoms with van der Waals surface area (Å²) in [6.45, 7) is 0.440. The number of benzene rings is 1. The molecule has 94 valence electrons. The van der Waals surface area contributed by atoms with Crippen molar-refractivity contribution in [2.75, 3.05) is 18.1 Å². The van der Waals surface area contributed by atoms with Crippen LogP contribution in [0.5, 0.6) is 0 Å². The summed E-state index contributed by atoms with van der Waals surface area (Å²) in [6, 6.07) is 6.58. The quantitative estimate of drug-likeness (QED) is 0.627. The molecule has 0 radical (unpaired) electrons. The van der Waals surface area contributed by atoms with Crippen LogP contribution in [0.2, 0.25) is 0 Å². The molecular weight excluding hydrogens is 234 g/mol. The highest BCUT2D eigenvalue weighted by Gasteiger charge is 2.30. The van der Waals surface area contributed by atoms with E-state index in [-0.39, 0.29) is 17.9 Å². The highest BCUT2D eigenvalue weighted by atomic mass is 16.6. The van der Waals surface area contributed by atoms with Gasteiger partial charge in [-0.15, -0.1) is 0 Å². The van der Waals surface area contributed by atoms with Crippen molar-refractivity contribution in [3.63, 3.8) is 0 Å². The Balaban J connectivity index is 2.37. The summed E-state index contributed by atoms with van der Waals surface area (Å²) in [7, 11) is 0. The van der Waals surface area contributed by atoms with E-state index in [0.29, 0.717) is 18.3 Å². The Morgan fingerprint density at radius 3 is 2.78 bits per heavy atom. The van der Waals surface area contributed by atoms with E-state index >= 15 is 0 Å². The van der Waals surface area contributed by atoms with Crippen LogP contribution in [0.15, 0.2) is 18.2 Å². The van der Waals surface area contributed by atoms with E-state index in [0.717, 1.165) is 12.8 Å². The highest BCUT2D eigenvalue weighted by Crippen LogP contribution is 2.34. The summed E-state index contributed by atoms with van der Waals surface area (Å²) in [6.07, 6.45) is 2.06. The smallest absolute Gasteiger partial charge is 0.270 e. The fourth-order valence-corrected chi connectivity index (χ4v) is 1.97. The molecule has 1 saturated carbocycles. The van der Waals surface area contributed by atoms with Gasteiger partial charge in [0.25, 0.3) is 5.69 Å². The maximum atomic E-state index is 10.7. The number of rotatable bonds is 5. The van der Waals surface area contributed by atoms with Crippen molar-refractivity contribution < 1.29 is 10.0 Å². The van der Waals surface area contributed by atoms with Gasteiger partial charge in [0, 0.05) is 24.7 Å².